The SMILES string of the molecule is C=CCC1C=C(C)CC(C)(C)C1. The van der Waals surface area contributed by atoms with Crippen molar-refractivity contribution in [2.45, 2.75) is 40.0 Å². The minimum Gasteiger partial charge on any atom is -0.103 e. The summed E-state index contributed by atoms with van der Waals surface area (Å²) in [7, 11) is 0. The molecule has 1 atom stereocenters. The van der Waals surface area contributed by atoms with Gasteiger partial charge < -0.3 is 0 Å². The molecule has 0 saturated carbocycles. The summed E-state index contributed by atoms with van der Waals surface area (Å²) in [5.74, 6) is 0.742. The van der Waals surface area contributed by atoms with Gasteiger partial charge in [0.15, 0.2) is 0 Å². The Morgan fingerprint density at radius 1 is 1.67 bits per heavy atom. The third-order valence-electron chi connectivity index (χ3n) is 2.56. The molecule has 1 unspecified atom stereocenters. The quantitative estimate of drug-likeness (QED) is 0.542. The van der Waals surface area contributed by atoms with Crippen molar-refractivity contribution in [3.8, 4) is 0 Å². The summed E-state index contributed by atoms with van der Waals surface area (Å²) in [4.78, 5) is 0. The van der Waals surface area contributed by atoms with Gasteiger partial charge in [-0.2, -0.15) is 0 Å². The predicted octanol–water partition coefficient (Wildman–Crippen LogP) is 3.95. The number of rotatable bonds is 2. The lowest BCUT2D eigenvalue weighted by atomic mass is 9.72. The Labute approximate surface area is 76.4 Å². The molecule has 1 aliphatic carbocycles. The van der Waals surface area contributed by atoms with E-state index in [2.05, 4.69) is 33.4 Å². The van der Waals surface area contributed by atoms with Crippen LogP contribution in [0.3, 0.4) is 0 Å². The van der Waals surface area contributed by atoms with Crippen LogP contribution in [0, 0.1) is 11.3 Å². The molecule has 0 N–H and O–H groups in total. The highest BCUT2D eigenvalue weighted by molar-refractivity contribution is 5.10. The van der Waals surface area contributed by atoms with Gasteiger partial charge in [0.1, 0.15) is 0 Å². The van der Waals surface area contributed by atoms with Crippen molar-refractivity contribution in [3.05, 3.63) is 24.3 Å². The molecular formula is C12H20. The molecule has 1 aliphatic rings. The van der Waals surface area contributed by atoms with Crippen molar-refractivity contribution in [2.75, 3.05) is 0 Å². The summed E-state index contributed by atoms with van der Waals surface area (Å²) in [6.45, 7) is 10.8. The summed E-state index contributed by atoms with van der Waals surface area (Å²) in [5.41, 5.74) is 2.06. The molecular weight excluding hydrogens is 144 g/mol. The van der Waals surface area contributed by atoms with Gasteiger partial charge in [-0.25, -0.2) is 0 Å². The maximum absolute atomic E-state index is 3.80. The van der Waals surface area contributed by atoms with Crippen LogP contribution >= 0.6 is 0 Å². The van der Waals surface area contributed by atoms with Crippen molar-refractivity contribution in [2.24, 2.45) is 11.3 Å². The van der Waals surface area contributed by atoms with Crippen LogP contribution in [-0.2, 0) is 0 Å². The highest BCUT2D eigenvalue weighted by Gasteiger charge is 2.26. The minimum atomic E-state index is 0.506. The summed E-state index contributed by atoms with van der Waals surface area (Å²) in [5, 5.41) is 0. The molecule has 1 rings (SSSR count). The molecule has 0 nitrogen and oxygen atoms in total. The van der Waals surface area contributed by atoms with Gasteiger partial charge >= 0.3 is 0 Å². The van der Waals surface area contributed by atoms with Crippen LogP contribution in [0.25, 0.3) is 0 Å². The molecule has 0 heteroatoms. The van der Waals surface area contributed by atoms with Gasteiger partial charge in [0.2, 0.25) is 0 Å². The van der Waals surface area contributed by atoms with Crippen LogP contribution in [0.4, 0.5) is 0 Å². The Balaban J connectivity index is 2.67. The number of hydrogen-bond donors (Lipinski definition) is 0. The first-order valence-corrected chi connectivity index (χ1v) is 4.82. The van der Waals surface area contributed by atoms with E-state index in [9.17, 15) is 0 Å². The molecule has 0 radical (unpaired) electrons. The fraction of sp³-hybridized carbons (Fsp3) is 0.667. The molecule has 0 fully saturated rings. The second-order valence-corrected chi connectivity index (χ2v) is 4.84. The van der Waals surface area contributed by atoms with Crippen LogP contribution < -0.4 is 0 Å². The molecule has 68 valence electrons. The summed E-state index contributed by atoms with van der Waals surface area (Å²) in [6.07, 6.45) is 8.18. The second-order valence-electron chi connectivity index (χ2n) is 4.84. The molecule has 0 amide bonds. The molecule has 0 heterocycles. The molecule has 0 aromatic rings. The van der Waals surface area contributed by atoms with Gasteiger partial charge in [0.05, 0.1) is 0 Å². The Kier molecular flexibility index (Phi) is 2.76. The average molecular weight is 164 g/mol. The van der Waals surface area contributed by atoms with E-state index in [0.717, 1.165) is 12.3 Å². The Morgan fingerprint density at radius 2 is 2.33 bits per heavy atom. The maximum Gasteiger partial charge on any atom is -0.0191 e. The van der Waals surface area contributed by atoms with E-state index in [-0.39, 0.29) is 0 Å². The first-order valence-electron chi connectivity index (χ1n) is 4.82. The molecule has 0 spiro atoms. The molecule has 0 saturated heterocycles. The van der Waals surface area contributed by atoms with E-state index < -0.39 is 0 Å². The molecule has 0 bridgehead atoms. The van der Waals surface area contributed by atoms with E-state index in [1.165, 1.54) is 12.8 Å². The van der Waals surface area contributed by atoms with Crippen molar-refractivity contribution in [1.82, 2.24) is 0 Å². The maximum atomic E-state index is 3.80. The topological polar surface area (TPSA) is 0 Å². The van der Waals surface area contributed by atoms with Gasteiger partial charge in [0.25, 0.3) is 0 Å². The standard InChI is InChI=1S/C12H20/c1-5-6-11-7-10(2)8-12(3,4)9-11/h5,7,11H,1,6,8-9H2,2-4H3. The molecule has 12 heavy (non-hydrogen) atoms. The average Bonchev–Trinajstić information content (AvgIpc) is 1.82. The summed E-state index contributed by atoms with van der Waals surface area (Å²) < 4.78 is 0. The van der Waals surface area contributed by atoms with Crippen LogP contribution in [0.2, 0.25) is 0 Å². The van der Waals surface area contributed by atoms with E-state index in [1.54, 1.807) is 5.57 Å². The number of hydrogen-bond acceptors (Lipinski definition) is 0. The monoisotopic (exact) mass is 164 g/mol. The van der Waals surface area contributed by atoms with Crippen LogP contribution in [0.15, 0.2) is 24.3 Å². The second kappa shape index (κ2) is 3.47. The fourth-order valence-electron chi connectivity index (χ4n) is 2.42. The third kappa shape index (κ3) is 2.51. The number of allylic oxidation sites excluding steroid dienone is 3. The summed E-state index contributed by atoms with van der Waals surface area (Å²) >= 11 is 0. The van der Waals surface area contributed by atoms with Gasteiger partial charge in [-0.05, 0) is 37.5 Å². The first-order chi connectivity index (χ1) is 5.53. The van der Waals surface area contributed by atoms with Gasteiger partial charge in [0, 0.05) is 0 Å². The Morgan fingerprint density at radius 3 is 2.83 bits per heavy atom. The van der Waals surface area contributed by atoms with E-state index in [1.807, 2.05) is 6.08 Å². The van der Waals surface area contributed by atoms with Crippen LogP contribution in [-0.4, -0.2) is 0 Å². The zero-order valence-corrected chi connectivity index (χ0v) is 8.56. The lowest BCUT2D eigenvalue weighted by molar-refractivity contribution is 0.271. The van der Waals surface area contributed by atoms with Gasteiger partial charge in [-0.3, -0.25) is 0 Å². The van der Waals surface area contributed by atoms with E-state index in [4.69, 9.17) is 0 Å². The summed E-state index contributed by atoms with van der Waals surface area (Å²) in [6, 6.07) is 0. The molecule has 0 aromatic heterocycles. The first kappa shape index (κ1) is 9.57. The third-order valence-corrected chi connectivity index (χ3v) is 2.56. The molecule has 0 aliphatic heterocycles. The Hall–Kier alpha value is -0.520. The highest BCUT2D eigenvalue weighted by Crippen LogP contribution is 2.39. The predicted molar refractivity (Wildman–Crippen MR) is 55.1 cm³/mol. The van der Waals surface area contributed by atoms with Crippen LogP contribution in [0.5, 0.6) is 0 Å². The van der Waals surface area contributed by atoms with Crippen molar-refractivity contribution in [1.29, 1.82) is 0 Å². The lowest BCUT2D eigenvalue weighted by Gasteiger charge is -2.33. The van der Waals surface area contributed by atoms with E-state index >= 15 is 0 Å². The normalized spacial score (nSPS) is 27.9. The van der Waals surface area contributed by atoms with Crippen LogP contribution in [0.1, 0.15) is 40.0 Å². The van der Waals surface area contributed by atoms with Gasteiger partial charge in [-0.1, -0.05) is 31.6 Å². The zero-order valence-electron chi connectivity index (χ0n) is 8.56. The van der Waals surface area contributed by atoms with Crippen molar-refractivity contribution >= 4 is 0 Å². The zero-order chi connectivity index (χ0) is 9.19. The largest absolute Gasteiger partial charge is 0.103 e. The Bertz CT molecular complexity index is 196. The molecule has 0 aromatic carbocycles. The van der Waals surface area contributed by atoms with Crippen molar-refractivity contribution < 1.29 is 0 Å². The highest BCUT2D eigenvalue weighted by atomic mass is 14.3. The van der Waals surface area contributed by atoms with Gasteiger partial charge in [-0.15, -0.1) is 6.58 Å². The smallest absolute Gasteiger partial charge is 0.0191 e. The lowest BCUT2D eigenvalue weighted by Crippen LogP contribution is -2.20. The minimum absolute atomic E-state index is 0.506. The van der Waals surface area contributed by atoms with Crippen molar-refractivity contribution in [3.63, 3.8) is 0 Å². The van der Waals surface area contributed by atoms with E-state index in [0.29, 0.717) is 5.41 Å². The fourth-order valence-corrected chi connectivity index (χ4v) is 2.42.